The van der Waals surface area contributed by atoms with Crippen molar-refractivity contribution in [3.05, 3.63) is 65.2 Å². The molecule has 0 bridgehead atoms. The molecule has 2 aromatic carbocycles. The van der Waals surface area contributed by atoms with Crippen molar-refractivity contribution in [2.24, 2.45) is 0 Å². The van der Waals surface area contributed by atoms with Crippen molar-refractivity contribution in [3.63, 3.8) is 0 Å². The molecule has 1 heterocycles. The molecule has 0 unspecified atom stereocenters. The van der Waals surface area contributed by atoms with Gasteiger partial charge in [-0.25, -0.2) is 9.59 Å². The predicted molar refractivity (Wildman–Crippen MR) is 110 cm³/mol. The first kappa shape index (κ1) is 20.4. The Bertz CT molecular complexity index is 898. The van der Waals surface area contributed by atoms with E-state index in [4.69, 9.17) is 4.74 Å². The number of rotatable bonds is 6. The smallest absolute Gasteiger partial charge is 0.328 e. The fraction of sp³-hybridized carbons (Fsp3) is 0.318. The summed E-state index contributed by atoms with van der Waals surface area (Å²) in [7, 11) is 0. The summed E-state index contributed by atoms with van der Waals surface area (Å²) in [6, 6.07) is 13.9. The topological polar surface area (TPSA) is 87.7 Å². The Balaban J connectivity index is 1.62. The van der Waals surface area contributed by atoms with Gasteiger partial charge in [-0.2, -0.15) is 0 Å². The highest BCUT2D eigenvalue weighted by atomic mass is 16.5. The number of ether oxygens (including phenoxy) is 1. The van der Waals surface area contributed by atoms with Crippen molar-refractivity contribution in [2.45, 2.75) is 32.9 Å². The second-order valence-corrected chi connectivity index (χ2v) is 6.84. The number of urea groups is 1. The van der Waals surface area contributed by atoms with Crippen LogP contribution in [-0.4, -0.2) is 37.1 Å². The molecule has 2 aromatic rings. The Labute approximate surface area is 170 Å². The SMILES string of the molecule is CCOC(=O)[C@@H](C)NC(=O)NCc1ccc2c(c1)N(C(=O)c1ccccc1)CC2. The fourth-order valence-electron chi connectivity index (χ4n) is 3.24. The van der Waals surface area contributed by atoms with E-state index in [-0.39, 0.29) is 19.1 Å². The summed E-state index contributed by atoms with van der Waals surface area (Å²) < 4.78 is 4.87. The zero-order chi connectivity index (χ0) is 20.8. The fourth-order valence-corrected chi connectivity index (χ4v) is 3.24. The third-order valence-electron chi connectivity index (χ3n) is 4.75. The van der Waals surface area contributed by atoms with Crippen molar-refractivity contribution in [1.29, 1.82) is 0 Å². The van der Waals surface area contributed by atoms with E-state index in [1.165, 1.54) is 0 Å². The Hall–Kier alpha value is -3.35. The van der Waals surface area contributed by atoms with Gasteiger partial charge in [0.25, 0.3) is 5.91 Å². The van der Waals surface area contributed by atoms with Crippen LogP contribution < -0.4 is 15.5 Å². The second-order valence-electron chi connectivity index (χ2n) is 6.84. The number of hydrogen-bond donors (Lipinski definition) is 2. The molecule has 1 aliphatic rings. The minimum atomic E-state index is -0.728. The third-order valence-corrected chi connectivity index (χ3v) is 4.75. The number of anilines is 1. The van der Waals surface area contributed by atoms with Crippen LogP contribution in [0.5, 0.6) is 0 Å². The first-order valence-electron chi connectivity index (χ1n) is 9.69. The maximum Gasteiger partial charge on any atom is 0.328 e. The molecule has 0 fully saturated rings. The van der Waals surface area contributed by atoms with Gasteiger partial charge in [-0.15, -0.1) is 0 Å². The molecular weight excluding hydrogens is 370 g/mol. The summed E-state index contributed by atoms with van der Waals surface area (Å²) >= 11 is 0. The number of nitrogens with one attached hydrogen (secondary N) is 2. The molecule has 1 atom stereocenters. The van der Waals surface area contributed by atoms with Crippen LogP contribution in [0.1, 0.15) is 35.3 Å². The van der Waals surface area contributed by atoms with Crippen LogP contribution in [0.25, 0.3) is 0 Å². The maximum atomic E-state index is 12.8. The normalized spacial score (nSPS) is 13.4. The number of nitrogens with zero attached hydrogens (tertiary/aromatic N) is 1. The van der Waals surface area contributed by atoms with Crippen molar-refractivity contribution < 1.29 is 19.1 Å². The molecule has 29 heavy (non-hydrogen) atoms. The molecule has 0 saturated carbocycles. The van der Waals surface area contributed by atoms with Gasteiger partial charge in [0, 0.05) is 24.3 Å². The first-order valence-corrected chi connectivity index (χ1v) is 9.69. The molecule has 7 nitrogen and oxygen atoms in total. The van der Waals surface area contributed by atoms with Gasteiger partial charge < -0.3 is 20.3 Å². The Morgan fingerprint density at radius 2 is 1.90 bits per heavy atom. The molecule has 152 valence electrons. The molecule has 0 saturated heterocycles. The highest BCUT2D eigenvalue weighted by Gasteiger charge is 2.25. The summed E-state index contributed by atoms with van der Waals surface area (Å²) in [6.45, 7) is 4.46. The van der Waals surface area contributed by atoms with E-state index in [2.05, 4.69) is 10.6 Å². The third kappa shape index (κ3) is 4.93. The zero-order valence-electron chi connectivity index (χ0n) is 16.6. The lowest BCUT2D eigenvalue weighted by molar-refractivity contribution is -0.144. The van der Waals surface area contributed by atoms with Crippen molar-refractivity contribution in [2.75, 3.05) is 18.1 Å². The van der Waals surface area contributed by atoms with E-state index >= 15 is 0 Å². The number of benzene rings is 2. The average molecular weight is 395 g/mol. The van der Waals surface area contributed by atoms with E-state index in [0.717, 1.165) is 23.2 Å². The standard InChI is InChI=1S/C22H25N3O4/c1-3-29-21(27)15(2)24-22(28)23-14-16-9-10-17-11-12-25(19(17)13-16)20(26)18-7-5-4-6-8-18/h4-10,13,15H,3,11-12,14H2,1-2H3,(H2,23,24,28)/t15-/m1/s1. The van der Waals surface area contributed by atoms with Crippen molar-refractivity contribution in [1.82, 2.24) is 10.6 Å². The Morgan fingerprint density at radius 1 is 1.14 bits per heavy atom. The molecular formula is C22H25N3O4. The van der Waals surface area contributed by atoms with Gasteiger partial charge in [0.1, 0.15) is 6.04 Å². The molecule has 3 amide bonds. The van der Waals surface area contributed by atoms with E-state index in [1.807, 2.05) is 36.4 Å². The van der Waals surface area contributed by atoms with Crippen LogP contribution in [0.3, 0.4) is 0 Å². The van der Waals surface area contributed by atoms with Crippen LogP contribution in [0.15, 0.2) is 48.5 Å². The monoisotopic (exact) mass is 395 g/mol. The lowest BCUT2D eigenvalue weighted by Gasteiger charge is -2.18. The van der Waals surface area contributed by atoms with Gasteiger partial charge in [0.05, 0.1) is 6.61 Å². The summed E-state index contributed by atoms with van der Waals surface area (Å²) in [5.74, 6) is -0.509. The molecule has 1 aliphatic heterocycles. The van der Waals surface area contributed by atoms with Gasteiger partial charge in [0.2, 0.25) is 0 Å². The number of carbonyl (C=O) groups is 3. The van der Waals surface area contributed by atoms with Crippen molar-refractivity contribution >= 4 is 23.6 Å². The van der Waals surface area contributed by atoms with Gasteiger partial charge in [-0.3, -0.25) is 4.79 Å². The average Bonchev–Trinajstić information content (AvgIpc) is 3.15. The van der Waals surface area contributed by atoms with E-state index < -0.39 is 18.0 Å². The summed E-state index contributed by atoms with van der Waals surface area (Å²) in [6.07, 6.45) is 0.805. The van der Waals surface area contributed by atoms with Crippen LogP contribution in [0, 0.1) is 0 Å². The number of carbonyl (C=O) groups excluding carboxylic acids is 3. The summed E-state index contributed by atoms with van der Waals surface area (Å²) in [5.41, 5.74) is 3.50. The van der Waals surface area contributed by atoms with Gasteiger partial charge >= 0.3 is 12.0 Å². The van der Waals surface area contributed by atoms with Crippen molar-refractivity contribution in [3.8, 4) is 0 Å². The summed E-state index contributed by atoms with van der Waals surface area (Å²) in [5, 5.41) is 5.28. The Morgan fingerprint density at radius 3 is 2.62 bits per heavy atom. The quantitative estimate of drug-likeness (QED) is 0.736. The minimum Gasteiger partial charge on any atom is -0.464 e. The predicted octanol–water partition coefficient (Wildman–Crippen LogP) is 2.64. The second kappa shape index (κ2) is 9.23. The lowest BCUT2D eigenvalue weighted by Crippen LogP contribution is -2.44. The number of esters is 1. The molecule has 0 aromatic heterocycles. The molecule has 0 aliphatic carbocycles. The van der Waals surface area contributed by atoms with Crippen LogP contribution in [-0.2, 0) is 22.5 Å². The molecule has 0 radical (unpaired) electrons. The number of fused-ring (bicyclic) bond motifs is 1. The molecule has 0 spiro atoms. The largest absolute Gasteiger partial charge is 0.464 e. The van der Waals surface area contributed by atoms with E-state index in [0.29, 0.717) is 12.1 Å². The number of amides is 3. The zero-order valence-corrected chi connectivity index (χ0v) is 16.6. The van der Waals surface area contributed by atoms with Crippen LogP contribution >= 0.6 is 0 Å². The van der Waals surface area contributed by atoms with E-state index in [9.17, 15) is 14.4 Å². The van der Waals surface area contributed by atoms with Gasteiger partial charge in [-0.1, -0.05) is 30.3 Å². The Kier molecular flexibility index (Phi) is 6.49. The summed E-state index contributed by atoms with van der Waals surface area (Å²) in [4.78, 5) is 38.2. The van der Waals surface area contributed by atoms with Gasteiger partial charge in [0.15, 0.2) is 0 Å². The van der Waals surface area contributed by atoms with Gasteiger partial charge in [-0.05, 0) is 49.6 Å². The lowest BCUT2D eigenvalue weighted by atomic mass is 10.1. The van der Waals surface area contributed by atoms with E-state index in [1.54, 1.807) is 30.9 Å². The maximum absolute atomic E-state index is 12.8. The molecule has 3 rings (SSSR count). The van der Waals surface area contributed by atoms with Crippen LogP contribution in [0.2, 0.25) is 0 Å². The first-order chi connectivity index (χ1) is 14.0. The molecule has 7 heteroatoms. The highest BCUT2D eigenvalue weighted by Crippen LogP contribution is 2.30. The highest BCUT2D eigenvalue weighted by molar-refractivity contribution is 6.07. The molecule has 2 N–H and O–H groups in total. The number of hydrogen-bond acceptors (Lipinski definition) is 4. The van der Waals surface area contributed by atoms with Crippen LogP contribution in [0.4, 0.5) is 10.5 Å². The minimum absolute atomic E-state index is 0.0320.